The van der Waals surface area contributed by atoms with E-state index in [9.17, 15) is 19.1 Å². The Labute approximate surface area is 177 Å². The van der Waals surface area contributed by atoms with Gasteiger partial charge in [0.15, 0.2) is 16.8 Å². The van der Waals surface area contributed by atoms with Gasteiger partial charge in [0, 0.05) is 16.9 Å². The van der Waals surface area contributed by atoms with E-state index in [1.165, 1.54) is 12.1 Å². The molecule has 8 heteroatoms. The Kier molecular flexibility index (Phi) is 6.65. The first-order valence-electron chi connectivity index (χ1n) is 9.17. The van der Waals surface area contributed by atoms with Crippen molar-refractivity contribution in [3.05, 3.63) is 71.3 Å². The third kappa shape index (κ3) is 4.93. The van der Waals surface area contributed by atoms with Gasteiger partial charge in [0.05, 0.1) is 17.8 Å². The summed E-state index contributed by atoms with van der Waals surface area (Å²) in [6, 6.07) is 15.3. The molecule has 0 saturated heterocycles. The lowest BCUT2D eigenvalue weighted by Crippen LogP contribution is -2.35. The van der Waals surface area contributed by atoms with E-state index < -0.39 is 17.2 Å². The molecule has 3 rings (SSSR count). The number of aromatic nitrogens is 2. The van der Waals surface area contributed by atoms with Gasteiger partial charge in [0.1, 0.15) is 17.5 Å². The zero-order valence-electron chi connectivity index (χ0n) is 16.5. The molecule has 0 unspecified atom stereocenters. The first-order valence-corrected chi connectivity index (χ1v) is 10.2. The smallest absolute Gasteiger partial charge is 0.190 e. The van der Waals surface area contributed by atoms with Gasteiger partial charge in [-0.3, -0.25) is 0 Å². The Morgan fingerprint density at radius 2 is 1.83 bits per heavy atom. The Morgan fingerprint density at radius 3 is 2.50 bits per heavy atom. The van der Waals surface area contributed by atoms with E-state index in [1.807, 2.05) is 30.3 Å². The highest BCUT2D eigenvalue weighted by Gasteiger charge is 2.23. The second-order valence-corrected chi connectivity index (χ2v) is 8.17. The van der Waals surface area contributed by atoms with Crippen molar-refractivity contribution in [2.45, 2.75) is 30.3 Å². The van der Waals surface area contributed by atoms with E-state index in [4.69, 9.17) is 0 Å². The molecule has 0 atom stereocenters. The van der Waals surface area contributed by atoms with Gasteiger partial charge in [-0.2, -0.15) is 5.26 Å². The second kappa shape index (κ2) is 9.20. The minimum atomic E-state index is -0.911. The SMILES string of the molecule is CC(C)(CO)Nc1nc(SCc2cccc(F)c2F)nc(-c2ccccc2)c1C#N. The number of aliphatic hydroxyl groups is 1. The van der Waals surface area contributed by atoms with Crippen LogP contribution in [0.25, 0.3) is 11.3 Å². The molecule has 0 fully saturated rings. The van der Waals surface area contributed by atoms with E-state index in [0.29, 0.717) is 10.9 Å². The molecule has 3 aromatic rings. The number of thioether (sulfide) groups is 1. The van der Waals surface area contributed by atoms with E-state index in [0.717, 1.165) is 23.4 Å². The van der Waals surface area contributed by atoms with Crippen LogP contribution >= 0.6 is 11.8 Å². The van der Waals surface area contributed by atoms with Crippen molar-refractivity contribution in [3.8, 4) is 17.3 Å². The largest absolute Gasteiger partial charge is 0.394 e. The van der Waals surface area contributed by atoms with Gasteiger partial charge in [0.25, 0.3) is 0 Å². The summed E-state index contributed by atoms with van der Waals surface area (Å²) in [4.78, 5) is 8.93. The lowest BCUT2D eigenvalue weighted by molar-refractivity contribution is 0.233. The van der Waals surface area contributed by atoms with Crippen molar-refractivity contribution >= 4 is 17.6 Å². The minimum Gasteiger partial charge on any atom is -0.394 e. The zero-order chi connectivity index (χ0) is 21.7. The van der Waals surface area contributed by atoms with Crippen LogP contribution in [-0.4, -0.2) is 27.2 Å². The van der Waals surface area contributed by atoms with E-state index in [-0.39, 0.29) is 29.3 Å². The molecule has 154 valence electrons. The molecule has 5 nitrogen and oxygen atoms in total. The fourth-order valence-electron chi connectivity index (χ4n) is 2.67. The maximum atomic E-state index is 14.0. The second-order valence-electron chi connectivity index (χ2n) is 7.22. The maximum Gasteiger partial charge on any atom is 0.190 e. The summed E-state index contributed by atoms with van der Waals surface area (Å²) >= 11 is 1.13. The van der Waals surface area contributed by atoms with E-state index in [1.54, 1.807) is 13.8 Å². The predicted molar refractivity (Wildman–Crippen MR) is 113 cm³/mol. The number of halogens is 2. The van der Waals surface area contributed by atoms with Gasteiger partial charge in [-0.25, -0.2) is 18.7 Å². The van der Waals surface area contributed by atoms with Gasteiger partial charge < -0.3 is 10.4 Å². The summed E-state index contributed by atoms with van der Waals surface area (Å²) in [7, 11) is 0. The molecule has 2 aromatic carbocycles. The molecule has 0 spiro atoms. The van der Waals surface area contributed by atoms with Crippen LogP contribution < -0.4 is 5.32 Å². The normalized spacial score (nSPS) is 11.2. The van der Waals surface area contributed by atoms with Gasteiger partial charge in [-0.1, -0.05) is 54.2 Å². The monoisotopic (exact) mass is 426 g/mol. The Morgan fingerprint density at radius 1 is 1.10 bits per heavy atom. The van der Waals surface area contributed by atoms with Crippen molar-refractivity contribution < 1.29 is 13.9 Å². The first-order chi connectivity index (χ1) is 14.3. The number of rotatable bonds is 7. The number of aliphatic hydroxyl groups excluding tert-OH is 1. The fourth-order valence-corrected chi connectivity index (χ4v) is 3.49. The molecule has 0 amide bonds. The minimum absolute atomic E-state index is 0.118. The Bertz CT molecular complexity index is 1080. The third-order valence-electron chi connectivity index (χ3n) is 4.29. The number of anilines is 1. The first kappa shape index (κ1) is 21.7. The van der Waals surface area contributed by atoms with Crippen LogP contribution in [0.2, 0.25) is 0 Å². The van der Waals surface area contributed by atoms with Gasteiger partial charge >= 0.3 is 0 Å². The number of hydrogen-bond donors (Lipinski definition) is 2. The average Bonchev–Trinajstić information content (AvgIpc) is 2.75. The third-order valence-corrected chi connectivity index (χ3v) is 5.18. The van der Waals surface area contributed by atoms with Crippen LogP contribution in [0.4, 0.5) is 14.6 Å². The Balaban J connectivity index is 2.04. The van der Waals surface area contributed by atoms with Crippen LogP contribution in [0.5, 0.6) is 0 Å². The topological polar surface area (TPSA) is 81.8 Å². The van der Waals surface area contributed by atoms with Crippen molar-refractivity contribution in [1.82, 2.24) is 9.97 Å². The van der Waals surface area contributed by atoms with Crippen LogP contribution in [0.1, 0.15) is 25.0 Å². The lowest BCUT2D eigenvalue weighted by atomic mass is 10.0. The molecule has 0 radical (unpaired) electrons. The molecule has 0 aliphatic carbocycles. The van der Waals surface area contributed by atoms with Gasteiger partial charge in [-0.15, -0.1) is 0 Å². The Hall–Kier alpha value is -3.02. The van der Waals surface area contributed by atoms with E-state index >= 15 is 0 Å². The standard InChI is InChI=1S/C22H20F2N4OS/c1-22(2,13-29)28-20-16(11-25)19(14-7-4-3-5-8-14)26-21(27-20)30-12-15-9-6-10-17(23)18(15)24/h3-10,29H,12-13H2,1-2H3,(H,26,27,28). The zero-order valence-corrected chi connectivity index (χ0v) is 17.3. The van der Waals surface area contributed by atoms with Gasteiger partial charge in [0.2, 0.25) is 0 Å². The fraction of sp³-hybridized carbons (Fsp3) is 0.227. The number of nitrogens with zero attached hydrogens (tertiary/aromatic N) is 3. The molecule has 0 bridgehead atoms. The van der Waals surface area contributed by atoms with Crippen LogP contribution in [0.15, 0.2) is 53.7 Å². The average molecular weight is 426 g/mol. The molecule has 0 aliphatic heterocycles. The van der Waals surface area contributed by atoms with Crippen LogP contribution in [-0.2, 0) is 5.75 Å². The summed E-state index contributed by atoms with van der Waals surface area (Å²) < 4.78 is 27.5. The van der Waals surface area contributed by atoms with Crippen molar-refractivity contribution in [2.75, 3.05) is 11.9 Å². The summed E-state index contributed by atoms with van der Waals surface area (Å²) in [5.41, 5.74) is 0.847. The molecular formula is C22H20F2N4OS. The van der Waals surface area contributed by atoms with Crippen molar-refractivity contribution in [1.29, 1.82) is 5.26 Å². The van der Waals surface area contributed by atoms with Crippen molar-refractivity contribution in [3.63, 3.8) is 0 Å². The van der Waals surface area contributed by atoms with E-state index in [2.05, 4.69) is 21.4 Å². The molecular weight excluding hydrogens is 406 g/mol. The number of nitriles is 1. The van der Waals surface area contributed by atoms with Gasteiger partial charge in [-0.05, 0) is 19.9 Å². The summed E-state index contributed by atoms with van der Waals surface area (Å²) in [6.45, 7) is 3.36. The predicted octanol–water partition coefficient (Wildman–Crippen LogP) is 4.77. The highest BCUT2D eigenvalue weighted by Crippen LogP contribution is 2.31. The molecule has 30 heavy (non-hydrogen) atoms. The highest BCUT2D eigenvalue weighted by molar-refractivity contribution is 7.98. The summed E-state index contributed by atoms with van der Waals surface area (Å²) in [6.07, 6.45) is 0. The lowest BCUT2D eigenvalue weighted by Gasteiger charge is -2.25. The molecule has 0 aliphatic rings. The summed E-state index contributed by atoms with van der Waals surface area (Å²) in [5.74, 6) is -1.42. The number of benzene rings is 2. The van der Waals surface area contributed by atoms with Crippen molar-refractivity contribution in [2.24, 2.45) is 0 Å². The molecule has 1 aromatic heterocycles. The quantitative estimate of drug-likeness (QED) is 0.418. The van der Waals surface area contributed by atoms with Crippen LogP contribution in [0.3, 0.4) is 0 Å². The molecule has 1 heterocycles. The molecule has 2 N–H and O–H groups in total. The number of hydrogen-bond acceptors (Lipinski definition) is 6. The maximum absolute atomic E-state index is 14.0. The highest BCUT2D eigenvalue weighted by atomic mass is 32.2. The van der Waals surface area contributed by atoms with Crippen LogP contribution in [0, 0.1) is 23.0 Å². The molecule has 0 saturated carbocycles. The summed E-state index contributed by atoms with van der Waals surface area (Å²) in [5, 5.41) is 22.8. The number of nitrogens with one attached hydrogen (secondary N) is 1.